The van der Waals surface area contributed by atoms with Crippen molar-refractivity contribution in [3.05, 3.63) is 89.5 Å². The highest BCUT2D eigenvalue weighted by Crippen LogP contribution is 2.18. The van der Waals surface area contributed by atoms with Crippen molar-refractivity contribution in [3.63, 3.8) is 0 Å². The van der Waals surface area contributed by atoms with Crippen LogP contribution in [-0.2, 0) is 48.0 Å². The van der Waals surface area contributed by atoms with Crippen LogP contribution in [0, 0.1) is 0 Å². The fraction of sp³-hybridized carbons (Fsp3) is 0.596. The van der Waals surface area contributed by atoms with Gasteiger partial charge in [-0.2, -0.15) is 0 Å². The van der Waals surface area contributed by atoms with Gasteiger partial charge >= 0.3 is 0 Å². The number of hydrogen-bond acceptors (Lipinski definition) is 10. The molecule has 4 N–H and O–H groups in total. The molecule has 1 atom stereocenters. The van der Waals surface area contributed by atoms with Crippen LogP contribution in [0.5, 0.6) is 17.2 Å². The molecule has 0 bridgehead atoms. The maximum Gasteiger partial charge on any atom is 0.286 e. The largest absolute Gasteiger partial charge is 0.494 e. The Bertz CT molecular complexity index is 1780. The molecule has 0 saturated heterocycles. The number of hydrogen-bond donors (Lipinski definition) is 1. The number of rotatable bonds is 28. The van der Waals surface area contributed by atoms with Crippen LogP contribution < -0.4 is 19.9 Å². The number of benzene rings is 3. The maximum atomic E-state index is 11.5. The van der Waals surface area contributed by atoms with Crippen LogP contribution >= 0.6 is 24.8 Å². The lowest BCUT2D eigenvalue weighted by atomic mass is 10.1. The minimum atomic E-state index is -0.500. The second-order valence-electron chi connectivity index (χ2n) is 17.8. The molecule has 0 aliphatic heterocycles. The normalized spacial score (nSPS) is 9.97. The fourth-order valence-electron chi connectivity index (χ4n) is 5.99. The third-order valence-corrected chi connectivity index (χ3v) is 10.4. The van der Waals surface area contributed by atoms with E-state index in [0.29, 0.717) is 26.0 Å². The van der Waals surface area contributed by atoms with Gasteiger partial charge in [-0.05, 0) is 138 Å². The molecule has 1 unspecified atom stereocenters. The van der Waals surface area contributed by atoms with Gasteiger partial charge in [0.05, 0.1) is 19.8 Å². The molecule has 17 heteroatoms. The predicted molar refractivity (Wildman–Crippen MR) is 308 cm³/mol. The fourth-order valence-corrected chi connectivity index (χ4v) is 5.99. The molecule has 3 aromatic rings. The molecular weight excluding hydrogens is 986 g/mol. The zero-order valence-corrected chi connectivity index (χ0v) is 49.2. The smallest absolute Gasteiger partial charge is 0.286 e. The number of amides is 4. The molecule has 3 aromatic carbocycles. The lowest BCUT2D eigenvalue weighted by Gasteiger charge is -2.15. The van der Waals surface area contributed by atoms with Gasteiger partial charge in [-0.3, -0.25) is 24.0 Å². The molecule has 0 aliphatic rings. The average molecular weight is 1090 g/mol. The Morgan fingerprint density at radius 2 is 0.878 bits per heavy atom. The molecule has 0 aliphatic carbocycles. The van der Waals surface area contributed by atoms with E-state index in [1.807, 2.05) is 43.3 Å². The minimum Gasteiger partial charge on any atom is -0.494 e. The standard InChI is InChI=1S/2C17H27NO2.C12H19NO.C7H15NO2.C4H7NO2.2ClH.H2O/c2*1-4-5-13-20-16-11-8-10-15(14-16)9-6-7-12-17(19)18(2)3;1-2-3-9-14-12-6-4-5-11(10-12)7-8-13;1-5-10-6(2)7(9)8(3)4;1-5(2)4(7)3-6;;;/h2*8,10-11,14H,4-7,9,12-13H2,1-3H3;4-6,10H,2-3,7-9,13H2,1H3;6H,5H2,1-4H3;3H,1-2H3;2*1H;1H2. The van der Waals surface area contributed by atoms with Gasteiger partial charge in [-0.15, -0.1) is 24.8 Å². The average Bonchev–Trinajstić information content (AvgIpc) is 3.35. The van der Waals surface area contributed by atoms with E-state index in [4.69, 9.17) is 24.7 Å². The minimum absolute atomic E-state index is 0. The Balaban J connectivity index is -0.000000277. The second-order valence-corrected chi connectivity index (χ2v) is 17.8. The van der Waals surface area contributed by atoms with Crippen LogP contribution in [0.4, 0.5) is 0 Å². The van der Waals surface area contributed by atoms with Crippen LogP contribution in [0.1, 0.15) is 128 Å². The van der Waals surface area contributed by atoms with Crippen LogP contribution in [0.2, 0.25) is 0 Å². The van der Waals surface area contributed by atoms with Gasteiger partial charge in [-0.25, -0.2) is 0 Å². The van der Waals surface area contributed by atoms with Gasteiger partial charge in [0, 0.05) is 75.8 Å². The van der Waals surface area contributed by atoms with Gasteiger partial charge in [0.1, 0.15) is 23.4 Å². The number of likely N-dealkylation sites (N-methyl/N-ethyl adjacent to an activating group) is 2. The number of aryl methyl sites for hydroxylation is 2. The molecule has 0 spiro atoms. The second kappa shape index (κ2) is 51.6. The highest BCUT2D eigenvalue weighted by molar-refractivity contribution is 6.23. The Labute approximate surface area is 459 Å². The van der Waals surface area contributed by atoms with Crippen molar-refractivity contribution in [2.24, 2.45) is 5.73 Å². The van der Waals surface area contributed by atoms with Crippen LogP contribution in [0.3, 0.4) is 0 Å². The van der Waals surface area contributed by atoms with E-state index in [9.17, 15) is 24.0 Å². The van der Waals surface area contributed by atoms with Crippen molar-refractivity contribution in [1.82, 2.24) is 19.6 Å². The summed E-state index contributed by atoms with van der Waals surface area (Å²) >= 11 is 0. The van der Waals surface area contributed by atoms with Crippen LogP contribution in [0.15, 0.2) is 72.8 Å². The number of ether oxygens (including phenoxy) is 4. The predicted octanol–water partition coefficient (Wildman–Crippen LogP) is 9.49. The summed E-state index contributed by atoms with van der Waals surface area (Å²) in [6, 6.07) is 24.8. The molecule has 0 fully saturated rings. The molecule has 3 rings (SSSR count). The van der Waals surface area contributed by atoms with Crippen molar-refractivity contribution in [2.75, 3.05) is 89.4 Å². The summed E-state index contributed by atoms with van der Waals surface area (Å²) in [7, 11) is 13.7. The summed E-state index contributed by atoms with van der Waals surface area (Å²) in [6.07, 6.45) is 14.9. The SMILES string of the molecule is CCCCOc1cccc(CCCCC(=O)N(C)C)c1.CCCCOc1cccc(CCCCC(=O)N(C)C)c1.CCCCOc1cccc(CCN)c1.CCOC(C)C(=O)N(C)C.CN(C)C(=O)C=O.Cl.Cl.O. The van der Waals surface area contributed by atoms with Gasteiger partial charge < -0.3 is 49.8 Å². The van der Waals surface area contributed by atoms with Crippen molar-refractivity contribution < 1.29 is 48.4 Å². The molecule has 426 valence electrons. The topological polar surface area (TPSA) is 193 Å². The van der Waals surface area contributed by atoms with Crippen molar-refractivity contribution >= 4 is 54.7 Å². The highest BCUT2D eigenvalue weighted by atomic mass is 35.5. The zero-order chi connectivity index (χ0) is 53.8. The lowest BCUT2D eigenvalue weighted by molar-refractivity contribution is -0.139. The summed E-state index contributed by atoms with van der Waals surface area (Å²) in [4.78, 5) is 59.6. The Kier molecular flexibility index (Phi) is 54.3. The Hall–Kier alpha value is -4.93. The monoisotopic (exact) mass is 1080 g/mol. The van der Waals surface area contributed by atoms with Crippen molar-refractivity contribution in [2.45, 2.75) is 137 Å². The Morgan fingerprint density at radius 1 is 0.527 bits per heavy atom. The molecule has 74 heavy (non-hydrogen) atoms. The van der Waals surface area contributed by atoms with Crippen molar-refractivity contribution in [1.29, 1.82) is 0 Å². The molecular formula is C57H99Cl2N5O10. The van der Waals surface area contributed by atoms with Gasteiger partial charge in [0.25, 0.3) is 11.8 Å². The summed E-state index contributed by atoms with van der Waals surface area (Å²) in [5, 5.41) is 0. The highest BCUT2D eigenvalue weighted by Gasteiger charge is 2.13. The summed E-state index contributed by atoms with van der Waals surface area (Å²) < 4.78 is 22.1. The first-order valence-corrected chi connectivity index (χ1v) is 25.7. The first-order chi connectivity index (χ1) is 33.9. The van der Waals surface area contributed by atoms with E-state index >= 15 is 0 Å². The third kappa shape index (κ3) is 43.5. The van der Waals surface area contributed by atoms with E-state index in [-0.39, 0.29) is 60.4 Å². The first-order valence-electron chi connectivity index (χ1n) is 25.7. The molecule has 0 heterocycles. The number of carbonyl (C=O) groups is 5. The van der Waals surface area contributed by atoms with E-state index < -0.39 is 5.91 Å². The molecule has 4 amide bonds. The molecule has 0 saturated carbocycles. The molecule has 0 radical (unpaired) electrons. The maximum absolute atomic E-state index is 11.5. The third-order valence-electron chi connectivity index (χ3n) is 10.4. The number of nitrogens with zero attached hydrogens (tertiary/aromatic N) is 4. The molecule has 15 nitrogen and oxygen atoms in total. The van der Waals surface area contributed by atoms with Gasteiger partial charge in [0.2, 0.25) is 18.1 Å². The van der Waals surface area contributed by atoms with Gasteiger partial charge in [-0.1, -0.05) is 76.4 Å². The van der Waals surface area contributed by atoms with E-state index in [2.05, 4.69) is 57.2 Å². The molecule has 0 aromatic heterocycles. The van der Waals surface area contributed by atoms with E-state index in [0.717, 1.165) is 114 Å². The first kappa shape index (κ1) is 78.0. The lowest BCUT2D eigenvalue weighted by Crippen LogP contribution is -2.33. The number of halogens is 2. The Morgan fingerprint density at radius 3 is 1.14 bits per heavy atom. The van der Waals surface area contributed by atoms with E-state index in [1.165, 1.54) is 47.0 Å². The number of aldehydes is 1. The van der Waals surface area contributed by atoms with Crippen LogP contribution in [-0.4, -0.2) is 150 Å². The summed E-state index contributed by atoms with van der Waals surface area (Å²) in [6.45, 7) is 13.8. The van der Waals surface area contributed by atoms with E-state index in [1.54, 1.807) is 59.0 Å². The van der Waals surface area contributed by atoms with Crippen molar-refractivity contribution in [3.8, 4) is 17.2 Å². The summed E-state index contributed by atoms with van der Waals surface area (Å²) in [5.74, 6) is 2.81. The van der Waals surface area contributed by atoms with Gasteiger partial charge in [0.15, 0.2) is 0 Å². The number of unbranched alkanes of at least 4 members (excludes halogenated alkanes) is 5. The quantitative estimate of drug-likeness (QED) is 0.0416. The number of nitrogens with two attached hydrogens (primary N) is 1. The van der Waals surface area contributed by atoms with Crippen LogP contribution in [0.25, 0.3) is 0 Å². The number of carbonyl (C=O) groups excluding carboxylic acids is 5. The zero-order valence-electron chi connectivity index (χ0n) is 47.6. The summed E-state index contributed by atoms with van der Waals surface area (Å²) in [5.41, 5.74) is 9.32.